The predicted molar refractivity (Wildman–Crippen MR) is 59.8 cm³/mol. The third kappa shape index (κ3) is 4.01. The molecular weight excluding hydrogens is 229 g/mol. The normalized spacial score (nSPS) is 10.2. The van der Waals surface area contributed by atoms with Gasteiger partial charge in [0.2, 0.25) is 0 Å². The lowest BCUT2D eigenvalue weighted by Crippen LogP contribution is -2.14. The molecule has 0 amide bonds. The number of anilines is 1. The Balaban J connectivity index is 2.60. The maximum absolute atomic E-state index is 13.4. The first-order valence-corrected chi connectivity index (χ1v) is 5.11. The average Bonchev–Trinajstić information content (AvgIpc) is 2.30. The van der Waals surface area contributed by atoms with Crippen molar-refractivity contribution in [3.05, 3.63) is 29.6 Å². The number of carbonyl (C=O) groups is 1. The molecule has 0 bridgehead atoms. The zero-order valence-electron chi connectivity index (χ0n) is 9.15. The zero-order chi connectivity index (χ0) is 12.7. The van der Waals surface area contributed by atoms with Crippen molar-refractivity contribution in [2.75, 3.05) is 31.7 Å². The Morgan fingerprint density at radius 3 is 2.82 bits per heavy atom. The predicted octanol–water partition coefficient (Wildman–Crippen LogP) is 0.945. The summed E-state index contributed by atoms with van der Waals surface area (Å²) in [5, 5.41) is 20.0. The molecule has 0 unspecified atom stereocenters. The van der Waals surface area contributed by atoms with E-state index in [0.29, 0.717) is 0 Å². The second-order valence-corrected chi connectivity index (χ2v) is 3.23. The molecule has 0 aliphatic carbocycles. The Kier molecular flexibility index (Phi) is 5.38. The van der Waals surface area contributed by atoms with Gasteiger partial charge >= 0.3 is 5.97 Å². The van der Waals surface area contributed by atoms with Gasteiger partial charge in [-0.1, -0.05) is 6.07 Å². The van der Waals surface area contributed by atoms with Crippen LogP contribution in [0.4, 0.5) is 10.1 Å². The highest BCUT2D eigenvalue weighted by Gasteiger charge is 2.13. The van der Waals surface area contributed by atoms with Gasteiger partial charge < -0.3 is 20.3 Å². The van der Waals surface area contributed by atoms with Gasteiger partial charge in [0.15, 0.2) is 0 Å². The first-order chi connectivity index (χ1) is 8.16. The van der Waals surface area contributed by atoms with E-state index in [2.05, 4.69) is 5.32 Å². The average molecular weight is 243 g/mol. The van der Waals surface area contributed by atoms with Crippen LogP contribution < -0.4 is 5.32 Å². The summed E-state index contributed by atoms with van der Waals surface area (Å²) in [5.41, 5.74) is -0.167. The lowest BCUT2D eigenvalue weighted by molar-refractivity contribution is 0.0697. The molecular formula is C11H14FNO4. The summed E-state index contributed by atoms with van der Waals surface area (Å²) in [6, 6.07) is 3.85. The van der Waals surface area contributed by atoms with Crippen LogP contribution in [-0.4, -0.2) is 42.5 Å². The molecule has 1 aromatic rings. The second-order valence-electron chi connectivity index (χ2n) is 3.23. The summed E-state index contributed by atoms with van der Waals surface area (Å²) in [6.07, 6.45) is 0. The van der Waals surface area contributed by atoms with Crippen molar-refractivity contribution in [1.29, 1.82) is 0 Å². The van der Waals surface area contributed by atoms with Gasteiger partial charge in [0, 0.05) is 6.54 Å². The van der Waals surface area contributed by atoms with Crippen LogP contribution in [0, 0.1) is 5.82 Å². The molecule has 0 spiro atoms. The number of carboxylic acid groups (broad SMARTS) is 1. The van der Waals surface area contributed by atoms with E-state index in [9.17, 15) is 9.18 Å². The van der Waals surface area contributed by atoms with Gasteiger partial charge in [-0.3, -0.25) is 0 Å². The molecule has 17 heavy (non-hydrogen) atoms. The molecule has 6 heteroatoms. The number of aliphatic hydroxyl groups excluding tert-OH is 1. The molecule has 5 nitrogen and oxygen atoms in total. The number of halogens is 1. The van der Waals surface area contributed by atoms with E-state index in [1.165, 1.54) is 18.2 Å². The van der Waals surface area contributed by atoms with Gasteiger partial charge in [0.25, 0.3) is 0 Å². The van der Waals surface area contributed by atoms with E-state index in [0.717, 1.165) is 0 Å². The molecule has 0 heterocycles. The molecule has 94 valence electrons. The van der Waals surface area contributed by atoms with Crippen LogP contribution >= 0.6 is 0 Å². The van der Waals surface area contributed by atoms with E-state index < -0.39 is 11.8 Å². The van der Waals surface area contributed by atoms with Crippen LogP contribution in [0.1, 0.15) is 10.4 Å². The second kappa shape index (κ2) is 6.82. The standard InChI is InChI=1S/C11H14FNO4/c12-9-3-1-2-8(11(15)16)10(9)13-4-6-17-7-5-14/h1-3,13-14H,4-7H2,(H,15,16). The van der Waals surface area contributed by atoms with Gasteiger partial charge in [-0.05, 0) is 12.1 Å². The molecule has 1 rings (SSSR count). The van der Waals surface area contributed by atoms with E-state index >= 15 is 0 Å². The number of benzene rings is 1. The van der Waals surface area contributed by atoms with Crippen LogP contribution in [-0.2, 0) is 4.74 Å². The maximum Gasteiger partial charge on any atom is 0.337 e. The van der Waals surface area contributed by atoms with E-state index in [1.54, 1.807) is 0 Å². The summed E-state index contributed by atoms with van der Waals surface area (Å²) in [7, 11) is 0. The monoisotopic (exact) mass is 243 g/mol. The van der Waals surface area contributed by atoms with Crippen LogP contribution in [0.15, 0.2) is 18.2 Å². The van der Waals surface area contributed by atoms with Crippen molar-refractivity contribution in [2.24, 2.45) is 0 Å². The number of hydrogen-bond acceptors (Lipinski definition) is 4. The highest BCUT2D eigenvalue weighted by Crippen LogP contribution is 2.19. The molecule has 3 N–H and O–H groups in total. The zero-order valence-corrected chi connectivity index (χ0v) is 9.15. The Hall–Kier alpha value is -1.66. The minimum absolute atomic E-state index is 0.0485. The Morgan fingerprint density at radius 1 is 1.41 bits per heavy atom. The largest absolute Gasteiger partial charge is 0.478 e. The third-order valence-electron chi connectivity index (χ3n) is 2.03. The molecule has 0 saturated carbocycles. The van der Waals surface area contributed by atoms with E-state index in [1.807, 2.05) is 0 Å². The number of hydrogen-bond donors (Lipinski definition) is 3. The number of rotatable bonds is 7. The summed E-state index contributed by atoms with van der Waals surface area (Å²) in [6.45, 7) is 0.639. The Morgan fingerprint density at radius 2 is 2.18 bits per heavy atom. The topological polar surface area (TPSA) is 78.8 Å². The summed E-state index contributed by atoms with van der Waals surface area (Å²) in [5.74, 6) is -1.81. The number of aromatic carboxylic acids is 1. The van der Waals surface area contributed by atoms with Gasteiger partial charge in [-0.25, -0.2) is 9.18 Å². The SMILES string of the molecule is O=C(O)c1cccc(F)c1NCCOCCO. The molecule has 1 aromatic carbocycles. The van der Waals surface area contributed by atoms with Crippen LogP contribution in [0.2, 0.25) is 0 Å². The third-order valence-corrected chi connectivity index (χ3v) is 2.03. The maximum atomic E-state index is 13.4. The smallest absolute Gasteiger partial charge is 0.337 e. The fourth-order valence-electron chi connectivity index (χ4n) is 1.30. The minimum atomic E-state index is -1.19. The number of aliphatic hydroxyl groups is 1. The van der Waals surface area contributed by atoms with Gasteiger partial charge in [0.05, 0.1) is 31.1 Å². The minimum Gasteiger partial charge on any atom is -0.478 e. The summed E-state index contributed by atoms with van der Waals surface area (Å²) >= 11 is 0. The summed E-state index contributed by atoms with van der Waals surface area (Å²) in [4.78, 5) is 10.8. The van der Waals surface area contributed by atoms with Crippen molar-refractivity contribution in [1.82, 2.24) is 0 Å². The van der Waals surface area contributed by atoms with Gasteiger partial charge in [-0.2, -0.15) is 0 Å². The molecule has 0 aliphatic rings. The van der Waals surface area contributed by atoms with Crippen LogP contribution in [0.3, 0.4) is 0 Å². The lowest BCUT2D eigenvalue weighted by Gasteiger charge is -2.10. The van der Waals surface area contributed by atoms with Crippen molar-refractivity contribution >= 4 is 11.7 Å². The van der Waals surface area contributed by atoms with Crippen molar-refractivity contribution in [3.63, 3.8) is 0 Å². The first kappa shape index (κ1) is 13.4. The molecule has 0 atom stereocenters. The Labute approximate surface area is 97.8 Å². The van der Waals surface area contributed by atoms with Crippen LogP contribution in [0.5, 0.6) is 0 Å². The number of nitrogens with one attached hydrogen (secondary N) is 1. The molecule has 0 saturated heterocycles. The Bertz CT molecular complexity index is 384. The fraction of sp³-hybridized carbons (Fsp3) is 0.364. The van der Waals surface area contributed by atoms with Gasteiger partial charge in [0.1, 0.15) is 5.82 Å². The lowest BCUT2D eigenvalue weighted by atomic mass is 10.1. The molecule has 0 radical (unpaired) electrons. The number of ether oxygens (including phenoxy) is 1. The van der Waals surface area contributed by atoms with Crippen LogP contribution in [0.25, 0.3) is 0 Å². The molecule has 0 aliphatic heterocycles. The molecule has 0 fully saturated rings. The molecule has 0 aromatic heterocycles. The highest BCUT2D eigenvalue weighted by atomic mass is 19.1. The highest BCUT2D eigenvalue weighted by molar-refractivity contribution is 5.94. The van der Waals surface area contributed by atoms with Gasteiger partial charge in [-0.15, -0.1) is 0 Å². The van der Waals surface area contributed by atoms with E-state index in [4.69, 9.17) is 14.9 Å². The first-order valence-electron chi connectivity index (χ1n) is 5.11. The van der Waals surface area contributed by atoms with Crippen molar-refractivity contribution in [3.8, 4) is 0 Å². The number of carboxylic acids is 1. The van der Waals surface area contributed by atoms with Crippen molar-refractivity contribution < 1.29 is 24.1 Å². The summed E-state index contributed by atoms with van der Waals surface area (Å²) < 4.78 is 18.3. The van der Waals surface area contributed by atoms with Crippen molar-refractivity contribution in [2.45, 2.75) is 0 Å². The van der Waals surface area contributed by atoms with E-state index in [-0.39, 0.29) is 37.6 Å². The number of para-hydroxylation sites is 1. The quantitative estimate of drug-likeness (QED) is 0.621. The fourth-order valence-corrected chi connectivity index (χ4v) is 1.30.